The van der Waals surface area contributed by atoms with Crippen LogP contribution < -0.4 is 0 Å². The Bertz CT molecular complexity index is 349. The summed E-state index contributed by atoms with van der Waals surface area (Å²) in [5, 5.41) is -0.389. The molecule has 0 radical (unpaired) electrons. The molecule has 1 aromatic carbocycles. The van der Waals surface area contributed by atoms with E-state index in [1.807, 2.05) is 30.3 Å². The summed E-state index contributed by atoms with van der Waals surface area (Å²) in [4.78, 5) is 0. The first-order chi connectivity index (χ1) is 7.61. The molecule has 4 nitrogen and oxygen atoms in total. The van der Waals surface area contributed by atoms with Crippen molar-refractivity contribution in [3.8, 4) is 0 Å². The van der Waals surface area contributed by atoms with Gasteiger partial charge in [0.1, 0.15) is 0 Å². The number of phosphoric ester groups is 1. The summed E-state index contributed by atoms with van der Waals surface area (Å²) >= 11 is 6.07. The molecule has 0 amide bonds. The Morgan fingerprint density at radius 3 is 2.31 bits per heavy atom. The lowest BCUT2D eigenvalue weighted by molar-refractivity contribution is 0.152. The first-order valence-corrected chi connectivity index (χ1v) is 6.56. The van der Waals surface area contributed by atoms with Crippen LogP contribution in [0, 0.1) is 0 Å². The largest absolute Gasteiger partial charge is 0.474 e. The number of alkyl halides is 1. The summed E-state index contributed by atoms with van der Waals surface area (Å²) in [6, 6.07) is 9.37. The van der Waals surface area contributed by atoms with Crippen LogP contribution in [0.4, 0.5) is 0 Å². The Hall–Kier alpha value is -0.380. The molecule has 0 aromatic heterocycles. The van der Waals surface area contributed by atoms with Crippen LogP contribution in [0.2, 0.25) is 0 Å². The van der Waals surface area contributed by atoms with E-state index in [9.17, 15) is 4.57 Å². The second kappa shape index (κ2) is 6.38. The smallest absolute Gasteiger partial charge is 0.290 e. The van der Waals surface area contributed by atoms with Crippen LogP contribution in [0.15, 0.2) is 30.3 Å². The summed E-state index contributed by atoms with van der Waals surface area (Å²) in [6.45, 7) is 0.0600. The van der Waals surface area contributed by atoms with E-state index in [2.05, 4.69) is 9.05 Å². The van der Waals surface area contributed by atoms with Crippen LogP contribution >= 0.6 is 19.4 Å². The minimum atomic E-state index is -3.44. The third kappa shape index (κ3) is 3.89. The SMILES string of the molecule is COP(=O)(OC)OCC(Cl)c1ccccc1. The van der Waals surface area contributed by atoms with Gasteiger partial charge < -0.3 is 0 Å². The van der Waals surface area contributed by atoms with E-state index in [1.54, 1.807) is 0 Å². The molecule has 16 heavy (non-hydrogen) atoms. The Kier molecular flexibility index (Phi) is 5.46. The van der Waals surface area contributed by atoms with Crippen molar-refractivity contribution >= 4 is 19.4 Å². The molecule has 1 rings (SSSR count). The highest BCUT2D eigenvalue weighted by Gasteiger charge is 2.24. The van der Waals surface area contributed by atoms with Crippen molar-refractivity contribution in [3.05, 3.63) is 35.9 Å². The normalized spacial score (nSPS) is 13.7. The molecule has 90 valence electrons. The van der Waals surface area contributed by atoms with Crippen molar-refractivity contribution in [2.75, 3.05) is 20.8 Å². The predicted molar refractivity (Wildman–Crippen MR) is 62.6 cm³/mol. The minimum absolute atomic E-state index is 0.0600. The van der Waals surface area contributed by atoms with E-state index in [1.165, 1.54) is 14.2 Å². The van der Waals surface area contributed by atoms with Crippen LogP contribution in [0.3, 0.4) is 0 Å². The van der Waals surface area contributed by atoms with Gasteiger partial charge >= 0.3 is 7.82 Å². The highest BCUT2D eigenvalue weighted by Crippen LogP contribution is 2.48. The van der Waals surface area contributed by atoms with Gasteiger partial charge in [0, 0.05) is 14.2 Å². The summed E-state index contributed by atoms with van der Waals surface area (Å²) in [7, 11) is -0.920. The molecule has 0 aliphatic heterocycles. The third-order valence-electron chi connectivity index (χ3n) is 1.99. The molecular formula is C10H14ClO4P. The Morgan fingerprint density at radius 1 is 1.25 bits per heavy atom. The van der Waals surface area contributed by atoms with E-state index in [-0.39, 0.29) is 12.0 Å². The van der Waals surface area contributed by atoms with Crippen LogP contribution in [0.5, 0.6) is 0 Å². The maximum atomic E-state index is 11.6. The molecule has 6 heteroatoms. The van der Waals surface area contributed by atoms with Gasteiger partial charge in [-0.05, 0) is 5.56 Å². The molecule has 0 saturated heterocycles. The van der Waals surface area contributed by atoms with Gasteiger partial charge in [0.15, 0.2) is 0 Å². The quantitative estimate of drug-likeness (QED) is 0.584. The van der Waals surface area contributed by atoms with Crippen LogP contribution in [-0.4, -0.2) is 20.8 Å². The van der Waals surface area contributed by atoms with Crippen molar-refractivity contribution in [3.63, 3.8) is 0 Å². The second-order valence-electron chi connectivity index (χ2n) is 2.99. The monoisotopic (exact) mass is 264 g/mol. The fraction of sp³-hybridized carbons (Fsp3) is 0.400. The molecule has 0 bridgehead atoms. The van der Waals surface area contributed by atoms with Crippen molar-refractivity contribution in [1.29, 1.82) is 0 Å². The van der Waals surface area contributed by atoms with Crippen molar-refractivity contribution in [1.82, 2.24) is 0 Å². The van der Waals surface area contributed by atoms with Gasteiger partial charge in [-0.1, -0.05) is 30.3 Å². The summed E-state index contributed by atoms with van der Waals surface area (Å²) in [6.07, 6.45) is 0. The van der Waals surface area contributed by atoms with E-state index >= 15 is 0 Å². The zero-order valence-corrected chi connectivity index (χ0v) is 10.8. The summed E-state index contributed by atoms with van der Waals surface area (Å²) in [5.74, 6) is 0. The first kappa shape index (κ1) is 13.7. The molecule has 0 N–H and O–H groups in total. The molecular weight excluding hydrogens is 251 g/mol. The molecule has 0 aliphatic rings. The maximum Gasteiger partial charge on any atom is 0.474 e. The number of hydrogen-bond acceptors (Lipinski definition) is 4. The van der Waals surface area contributed by atoms with Gasteiger partial charge in [0.2, 0.25) is 0 Å². The minimum Gasteiger partial charge on any atom is -0.290 e. The number of rotatable bonds is 6. The number of hydrogen-bond donors (Lipinski definition) is 0. The van der Waals surface area contributed by atoms with E-state index in [0.717, 1.165) is 5.56 Å². The Balaban J connectivity index is 2.53. The molecule has 0 aliphatic carbocycles. The third-order valence-corrected chi connectivity index (χ3v) is 3.73. The van der Waals surface area contributed by atoms with Gasteiger partial charge in [-0.2, -0.15) is 0 Å². The van der Waals surface area contributed by atoms with Gasteiger partial charge in [-0.25, -0.2) is 4.57 Å². The topological polar surface area (TPSA) is 44.8 Å². The molecule has 0 saturated carbocycles. The summed E-state index contributed by atoms with van der Waals surface area (Å²) < 4.78 is 25.8. The standard InChI is InChI=1S/C10H14ClO4P/c1-13-16(12,14-2)15-8-10(11)9-6-4-3-5-7-9/h3-7,10H,8H2,1-2H3. The maximum absolute atomic E-state index is 11.6. The Labute approximate surface area is 100 Å². The van der Waals surface area contributed by atoms with Gasteiger partial charge in [-0.15, -0.1) is 11.6 Å². The van der Waals surface area contributed by atoms with E-state index < -0.39 is 7.82 Å². The highest BCUT2D eigenvalue weighted by molar-refractivity contribution is 7.48. The molecule has 1 aromatic rings. The van der Waals surface area contributed by atoms with E-state index in [4.69, 9.17) is 16.1 Å². The molecule has 0 fully saturated rings. The number of phosphoric acid groups is 1. The first-order valence-electron chi connectivity index (χ1n) is 4.66. The van der Waals surface area contributed by atoms with E-state index in [0.29, 0.717) is 0 Å². The van der Waals surface area contributed by atoms with Crippen molar-refractivity contribution < 1.29 is 18.1 Å². The van der Waals surface area contributed by atoms with Crippen LogP contribution in [0.25, 0.3) is 0 Å². The van der Waals surface area contributed by atoms with Crippen molar-refractivity contribution in [2.24, 2.45) is 0 Å². The van der Waals surface area contributed by atoms with Crippen LogP contribution in [-0.2, 0) is 18.1 Å². The lowest BCUT2D eigenvalue weighted by Crippen LogP contribution is -2.03. The average molecular weight is 265 g/mol. The zero-order valence-electron chi connectivity index (χ0n) is 9.13. The van der Waals surface area contributed by atoms with Gasteiger partial charge in [-0.3, -0.25) is 13.6 Å². The Morgan fingerprint density at radius 2 is 1.81 bits per heavy atom. The van der Waals surface area contributed by atoms with Gasteiger partial charge in [0.05, 0.1) is 12.0 Å². The van der Waals surface area contributed by atoms with Crippen molar-refractivity contribution in [2.45, 2.75) is 5.38 Å². The molecule has 1 unspecified atom stereocenters. The molecule has 0 heterocycles. The zero-order chi connectivity index (χ0) is 12.0. The number of benzene rings is 1. The highest BCUT2D eigenvalue weighted by atomic mass is 35.5. The van der Waals surface area contributed by atoms with Crippen LogP contribution in [0.1, 0.15) is 10.9 Å². The second-order valence-corrected chi connectivity index (χ2v) is 5.40. The molecule has 1 atom stereocenters. The number of halogens is 1. The summed E-state index contributed by atoms with van der Waals surface area (Å²) in [5.41, 5.74) is 0.892. The lowest BCUT2D eigenvalue weighted by atomic mass is 10.2. The average Bonchev–Trinajstić information content (AvgIpc) is 2.36. The lowest BCUT2D eigenvalue weighted by Gasteiger charge is -2.15. The fourth-order valence-electron chi connectivity index (χ4n) is 1.09. The fourth-order valence-corrected chi connectivity index (χ4v) is 2.08. The molecule has 0 spiro atoms. The predicted octanol–water partition coefficient (Wildman–Crippen LogP) is 3.38. The van der Waals surface area contributed by atoms with Gasteiger partial charge in [0.25, 0.3) is 0 Å².